The summed E-state index contributed by atoms with van der Waals surface area (Å²) in [6, 6.07) is 6.91. The number of nitrogens with one attached hydrogen (secondary N) is 1. The van der Waals surface area contributed by atoms with Crippen molar-refractivity contribution in [3.8, 4) is 11.8 Å². The first-order valence-corrected chi connectivity index (χ1v) is 7.63. The third-order valence-electron chi connectivity index (χ3n) is 3.49. The molecule has 1 N–H and O–H groups in total. The number of pyridine rings is 1. The number of para-hydroxylation sites is 1. The van der Waals surface area contributed by atoms with Crippen LogP contribution in [0.2, 0.25) is 0 Å². The second-order valence-corrected chi connectivity index (χ2v) is 5.43. The number of carbonyl (C=O) groups excluding carboxylic acids is 1. The lowest BCUT2D eigenvalue weighted by molar-refractivity contribution is 0.102. The molecule has 2 heterocycles. The fourth-order valence-electron chi connectivity index (χ4n) is 2.26. The van der Waals surface area contributed by atoms with Crippen molar-refractivity contribution in [2.24, 2.45) is 0 Å². The highest BCUT2D eigenvalue weighted by molar-refractivity contribution is 6.04. The molecule has 26 heavy (non-hydrogen) atoms. The van der Waals surface area contributed by atoms with E-state index in [0.29, 0.717) is 17.1 Å². The number of hydrogen-bond acceptors (Lipinski definition) is 5. The van der Waals surface area contributed by atoms with E-state index in [4.69, 9.17) is 4.74 Å². The van der Waals surface area contributed by atoms with Crippen LogP contribution in [0.5, 0.6) is 11.8 Å². The summed E-state index contributed by atoms with van der Waals surface area (Å²) in [7, 11) is 0. The number of rotatable bonds is 4. The van der Waals surface area contributed by atoms with Gasteiger partial charge in [-0.2, -0.15) is 9.97 Å². The first-order chi connectivity index (χ1) is 12.4. The first kappa shape index (κ1) is 17.4. The molecule has 0 bridgehead atoms. The van der Waals surface area contributed by atoms with Gasteiger partial charge in [-0.25, -0.2) is 8.78 Å². The van der Waals surface area contributed by atoms with Crippen molar-refractivity contribution in [3.05, 3.63) is 71.3 Å². The van der Waals surface area contributed by atoms with Crippen molar-refractivity contribution in [2.75, 3.05) is 5.32 Å². The molecular formula is C18H14F2N4O2. The second-order valence-electron chi connectivity index (χ2n) is 5.43. The molecule has 8 heteroatoms. The van der Waals surface area contributed by atoms with E-state index >= 15 is 0 Å². The average Bonchev–Trinajstić information content (AvgIpc) is 2.60. The summed E-state index contributed by atoms with van der Waals surface area (Å²) in [5.74, 6) is -1.71. The van der Waals surface area contributed by atoms with Crippen LogP contribution in [0.1, 0.15) is 21.7 Å². The highest BCUT2D eigenvalue weighted by Gasteiger charge is 2.15. The van der Waals surface area contributed by atoms with Gasteiger partial charge in [-0.3, -0.25) is 9.78 Å². The Balaban J connectivity index is 1.83. The number of amides is 1. The van der Waals surface area contributed by atoms with Crippen LogP contribution in [0.25, 0.3) is 0 Å². The molecule has 0 radical (unpaired) electrons. The Labute approximate surface area is 147 Å². The molecule has 0 aliphatic rings. The van der Waals surface area contributed by atoms with E-state index in [-0.39, 0.29) is 17.3 Å². The van der Waals surface area contributed by atoms with Gasteiger partial charge in [0.2, 0.25) is 0 Å². The number of nitrogens with zero attached hydrogens (tertiary/aromatic N) is 3. The normalized spacial score (nSPS) is 10.5. The van der Waals surface area contributed by atoms with Crippen molar-refractivity contribution >= 4 is 11.6 Å². The van der Waals surface area contributed by atoms with Gasteiger partial charge in [-0.05, 0) is 32.0 Å². The Kier molecular flexibility index (Phi) is 4.83. The van der Waals surface area contributed by atoms with Gasteiger partial charge in [-0.1, -0.05) is 12.1 Å². The molecule has 0 unspecified atom stereocenters. The van der Waals surface area contributed by atoms with E-state index in [0.717, 1.165) is 12.3 Å². The predicted octanol–water partition coefficient (Wildman–Crippen LogP) is 3.81. The Bertz CT molecular complexity index is 956. The van der Waals surface area contributed by atoms with Crippen LogP contribution in [0.4, 0.5) is 14.5 Å². The van der Waals surface area contributed by atoms with Gasteiger partial charge < -0.3 is 10.1 Å². The van der Waals surface area contributed by atoms with Gasteiger partial charge in [0.1, 0.15) is 5.82 Å². The first-order valence-electron chi connectivity index (χ1n) is 7.63. The number of hydrogen-bond donors (Lipinski definition) is 1. The molecule has 3 rings (SSSR count). The van der Waals surface area contributed by atoms with Crippen LogP contribution in [-0.2, 0) is 0 Å². The van der Waals surface area contributed by atoms with Crippen LogP contribution >= 0.6 is 0 Å². The zero-order valence-electron chi connectivity index (χ0n) is 14.0. The molecule has 0 aliphatic carbocycles. The lowest BCUT2D eigenvalue weighted by Crippen LogP contribution is -2.15. The number of carbonyl (C=O) groups is 1. The average molecular weight is 356 g/mol. The van der Waals surface area contributed by atoms with Gasteiger partial charge >= 0.3 is 6.01 Å². The molecule has 6 nitrogen and oxygen atoms in total. The van der Waals surface area contributed by atoms with Crippen LogP contribution in [0.15, 0.2) is 42.7 Å². The van der Waals surface area contributed by atoms with Crippen molar-refractivity contribution < 1.29 is 18.3 Å². The Morgan fingerprint density at radius 2 is 1.77 bits per heavy atom. The summed E-state index contributed by atoms with van der Waals surface area (Å²) < 4.78 is 32.2. The quantitative estimate of drug-likeness (QED) is 0.769. The lowest BCUT2D eigenvalue weighted by atomic mass is 10.2. The number of benzene rings is 1. The largest absolute Gasteiger partial charge is 0.421 e. The molecule has 1 amide bonds. The van der Waals surface area contributed by atoms with Gasteiger partial charge in [0.05, 0.1) is 28.8 Å². The molecule has 2 aromatic heterocycles. The smallest absolute Gasteiger partial charge is 0.322 e. The zero-order valence-corrected chi connectivity index (χ0v) is 14.0. The van der Waals surface area contributed by atoms with Crippen LogP contribution in [0, 0.1) is 25.5 Å². The monoisotopic (exact) mass is 356 g/mol. The highest BCUT2D eigenvalue weighted by atomic mass is 19.1. The molecule has 0 atom stereocenters. The Hall–Kier alpha value is -3.42. The number of halogens is 2. The van der Waals surface area contributed by atoms with Crippen molar-refractivity contribution in [2.45, 2.75) is 13.8 Å². The fourth-order valence-corrected chi connectivity index (χ4v) is 2.26. The van der Waals surface area contributed by atoms with Crippen LogP contribution in [0.3, 0.4) is 0 Å². The zero-order chi connectivity index (χ0) is 18.7. The van der Waals surface area contributed by atoms with Crippen LogP contribution in [-0.4, -0.2) is 20.9 Å². The Morgan fingerprint density at radius 3 is 2.42 bits per heavy atom. The number of ether oxygens (including phenoxy) is 1. The SMILES string of the molecule is Cc1nc(Oc2ccccc2F)nc(C)c1NC(=O)c1cncc(F)c1. The van der Waals surface area contributed by atoms with E-state index in [9.17, 15) is 13.6 Å². The van der Waals surface area contributed by atoms with E-state index in [1.54, 1.807) is 26.0 Å². The molecule has 0 aliphatic heterocycles. The maximum absolute atomic E-state index is 13.7. The third-order valence-corrected chi connectivity index (χ3v) is 3.49. The summed E-state index contributed by atoms with van der Waals surface area (Å²) in [4.78, 5) is 24.1. The molecule has 3 aromatic rings. The summed E-state index contributed by atoms with van der Waals surface area (Å²) in [5.41, 5.74) is 1.26. The van der Waals surface area contributed by atoms with E-state index < -0.39 is 17.5 Å². The molecule has 0 spiro atoms. The molecule has 1 aromatic carbocycles. The topological polar surface area (TPSA) is 77.0 Å². The van der Waals surface area contributed by atoms with Gasteiger partial charge in [-0.15, -0.1) is 0 Å². The minimum Gasteiger partial charge on any atom is -0.421 e. The number of aryl methyl sites for hydroxylation is 2. The van der Waals surface area contributed by atoms with E-state index in [1.807, 2.05) is 0 Å². The van der Waals surface area contributed by atoms with Crippen molar-refractivity contribution in [1.29, 1.82) is 0 Å². The standard InChI is InChI=1S/C18H14F2N4O2/c1-10-16(24-17(25)12-7-13(19)9-21-8-12)11(2)23-18(22-10)26-15-6-4-3-5-14(15)20/h3-9H,1-2H3,(H,24,25). The molecule has 0 saturated carbocycles. The summed E-state index contributed by atoms with van der Waals surface area (Å²) in [6.45, 7) is 3.28. The van der Waals surface area contributed by atoms with Crippen molar-refractivity contribution in [1.82, 2.24) is 15.0 Å². The summed E-state index contributed by atoms with van der Waals surface area (Å²) in [5, 5.41) is 2.62. The summed E-state index contributed by atoms with van der Waals surface area (Å²) >= 11 is 0. The maximum Gasteiger partial charge on any atom is 0.322 e. The lowest BCUT2D eigenvalue weighted by Gasteiger charge is -2.12. The summed E-state index contributed by atoms with van der Waals surface area (Å²) in [6.07, 6.45) is 2.25. The molecule has 0 saturated heterocycles. The second kappa shape index (κ2) is 7.22. The van der Waals surface area contributed by atoms with Crippen molar-refractivity contribution in [3.63, 3.8) is 0 Å². The van der Waals surface area contributed by atoms with E-state index in [1.165, 1.54) is 18.3 Å². The minimum absolute atomic E-state index is 0.00563. The predicted molar refractivity (Wildman–Crippen MR) is 90.1 cm³/mol. The van der Waals surface area contributed by atoms with Gasteiger partial charge in [0.15, 0.2) is 11.6 Å². The third kappa shape index (κ3) is 3.80. The fraction of sp³-hybridized carbons (Fsp3) is 0.111. The molecular weight excluding hydrogens is 342 g/mol. The Morgan fingerprint density at radius 1 is 1.08 bits per heavy atom. The van der Waals surface area contributed by atoms with Gasteiger partial charge in [0, 0.05) is 6.20 Å². The highest BCUT2D eigenvalue weighted by Crippen LogP contribution is 2.25. The number of anilines is 1. The molecule has 0 fully saturated rings. The van der Waals surface area contributed by atoms with E-state index in [2.05, 4.69) is 20.3 Å². The number of aromatic nitrogens is 3. The van der Waals surface area contributed by atoms with Crippen LogP contribution < -0.4 is 10.1 Å². The van der Waals surface area contributed by atoms with Gasteiger partial charge in [0.25, 0.3) is 5.91 Å². The minimum atomic E-state index is -0.615. The molecule has 132 valence electrons. The maximum atomic E-state index is 13.7.